The Bertz CT molecular complexity index is 1460. The van der Waals surface area contributed by atoms with E-state index >= 15 is 4.39 Å². The monoisotopic (exact) mass is 626 g/mol. The Morgan fingerprint density at radius 3 is 2.39 bits per heavy atom. The van der Waals surface area contributed by atoms with Crippen molar-refractivity contribution in [3.05, 3.63) is 71.1 Å². The van der Waals surface area contributed by atoms with Crippen LogP contribution in [0.4, 0.5) is 27.8 Å². The molecule has 13 heteroatoms. The Labute approximate surface area is 274 Å². The quantitative estimate of drug-likeness (QED) is 0.280. The van der Waals surface area contributed by atoms with Gasteiger partial charge in [0.2, 0.25) is 0 Å². The molecule has 0 radical (unpaired) electrons. The number of hydrogen-bond acceptors (Lipinski definition) is 7. The maximum absolute atomic E-state index is 15.1. The van der Waals surface area contributed by atoms with Crippen molar-refractivity contribution >= 4 is 11.8 Å². The summed E-state index contributed by atoms with van der Waals surface area (Å²) in [6, 6.07) is 8.89. The van der Waals surface area contributed by atoms with Crippen molar-refractivity contribution in [2.75, 3.05) is 37.6 Å². The van der Waals surface area contributed by atoms with Crippen LogP contribution < -0.4 is 44.3 Å². The van der Waals surface area contributed by atoms with Crippen molar-refractivity contribution in [1.29, 1.82) is 0 Å². The fourth-order valence-electron chi connectivity index (χ4n) is 5.76. The number of nitrogens with zero attached hydrogens (tertiary/aromatic N) is 4. The zero-order valence-electron chi connectivity index (χ0n) is 24.7. The second-order valence-corrected chi connectivity index (χ2v) is 11.2. The van der Waals surface area contributed by atoms with Gasteiger partial charge in [0.25, 0.3) is 0 Å². The van der Waals surface area contributed by atoms with Crippen molar-refractivity contribution in [1.82, 2.24) is 14.9 Å². The standard InChI is InChI=1S/C31H33F5N4O3.Na/c1-19-13-27(20-5-9-39(10-6-20)18-31(34,35)36)37-16-22(19)17-43-29-24(14-23(32)15-25(29)33)26-3-2-4-28(38-26)40-11-7-21(8-12-40)30(41)42;/h2-4,13-16,20-21H,5-12,17-18H2,1H3,(H,41,42);/q;+1/p-1. The summed E-state index contributed by atoms with van der Waals surface area (Å²) in [5.74, 6) is -2.81. The zero-order valence-corrected chi connectivity index (χ0v) is 26.7. The molecule has 2 aliphatic rings. The average Bonchev–Trinajstić information content (AvgIpc) is 2.96. The first-order valence-electron chi connectivity index (χ1n) is 14.3. The molecular formula is C31H32F5N4NaO3. The second-order valence-electron chi connectivity index (χ2n) is 11.2. The fourth-order valence-corrected chi connectivity index (χ4v) is 5.76. The largest absolute Gasteiger partial charge is 1.00 e. The number of carbonyl (C=O) groups is 1. The van der Waals surface area contributed by atoms with Crippen LogP contribution in [0.15, 0.2) is 42.6 Å². The number of carboxylic acid groups (broad SMARTS) is 1. The molecule has 44 heavy (non-hydrogen) atoms. The van der Waals surface area contributed by atoms with E-state index < -0.39 is 36.2 Å². The van der Waals surface area contributed by atoms with Gasteiger partial charge in [-0.1, -0.05) is 6.07 Å². The van der Waals surface area contributed by atoms with Gasteiger partial charge in [-0.25, -0.2) is 13.8 Å². The van der Waals surface area contributed by atoms with Crippen LogP contribution in [-0.4, -0.2) is 59.7 Å². The first kappa shape index (κ1) is 34.1. The summed E-state index contributed by atoms with van der Waals surface area (Å²) >= 11 is 0. The van der Waals surface area contributed by atoms with Crippen LogP contribution in [-0.2, 0) is 11.4 Å². The molecule has 0 spiro atoms. The Morgan fingerprint density at radius 1 is 1.05 bits per heavy atom. The van der Waals surface area contributed by atoms with E-state index in [-0.39, 0.29) is 53.4 Å². The maximum Gasteiger partial charge on any atom is 1.00 e. The molecule has 3 aromatic rings. The summed E-state index contributed by atoms with van der Waals surface area (Å²) in [7, 11) is 0. The minimum absolute atomic E-state index is 0. The second kappa shape index (κ2) is 14.5. The van der Waals surface area contributed by atoms with Crippen LogP contribution in [0.5, 0.6) is 5.75 Å². The van der Waals surface area contributed by atoms with Gasteiger partial charge in [0.05, 0.1) is 12.2 Å². The molecule has 2 aliphatic heterocycles. The molecule has 5 rings (SSSR count). The number of aryl methyl sites for hydroxylation is 1. The van der Waals surface area contributed by atoms with Crippen LogP contribution in [0.25, 0.3) is 11.3 Å². The molecule has 0 amide bonds. The molecule has 2 saturated heterocycles. The third kappa shape index (κ3) is 8.47. The number of piperidine rings is 2. The molecule has 230 valence electrons. The van der Waals surface area contributed by atoms with Gasteiger partial charge < -0.3 is 19.5 Å². The van der Waals surface area contributed by atoms with Crippen LogP contribution in [0.1, 0.15) is 48.4 Å². The number of carboxylic acids is 1. The van der Waals surface area contributed by atoms with Crippen LogP contribution in [0.2, 0.25) is 0 Å². The van der Waals surface area contributed by atoms with E-state index in [2.05, 4.69) is 9.97 Å². The number of rotatable bonds is 8. The van der Waals surface area contributed by atoms with E-state index in [0.717, 1.165) is 23.4 Å². The number of likely N-dealkylation sites (tertiary alicyclic amines) is 1. The van der Waals surface area contributed by atoms with Gasteiger partial charge in [0.15, 0.2) is 11.6 Å². The number of aliphatic carboxylic acids is 1. The SMILES string of the molecule is Cc1cc(C2CCN(CC(F)(F)F)CC2)ncc1COc1c(F)cc(F)cc1-c1cccc(N2CCC(C(=O)[O-])CC2)n1.[Na+]. The summed E-state index contributed by atoms with van der Waals surface area (Å²) in [4.78, 5) is 23.7. The molecule has 0 bridgehead atoms. The molecule has 0 unspecified atom stereocenters. The summed E-state index contributed by atoms with van der Waals surface area (Å²) in [6.07, 6.45) is -0.609. The van der Waals surface area contributed by atoms with Gasteiger partial charge in [-0.05, 0) is 75.5 Å². The number of alkyl halides is 3. The van der Waals surface area contributed by atoms with Crippen LogP contribution in [0.3, 0.4) is 0 Å². The Kier molecular flexibility index (Phi) is 11.3. The number of ether oxygens (including phenoxy) is 1. The van der Waals surface area contributed by atoms with Crippen molar-refractivity contribution in [3.63, 3.8) is 0 Å². The number of aromatic nitrogens is 2. The molecule has 0 N–H and O–H groups in total. The minimum Gasteiger partial charge on any atom is -0.550 e. The predicted octanol–water partition coefficient (Wildman–Crippen LogP) is 2.02. The van der Waals surface area contributed by atoms with Gasteiger partial charge in [-0.2, -0.15) is 13.2 Å². The van der Waals surface area contributed by atoms with Gasteiger partial charge in [-0.15, -0.1) is 0 Å². The first-order valence-corrected chi connectivity index (χ1v) is 14.3. The molecule has 0 atom stereocenters. The van der Waals surface area contributed by atoms with Gasteiger partial charge in [0, 0.05) is 60.0 Å². The number of halogens is 5. The zero-order chi connectivity index (χ0) is 30.7. The number of carbonyl (C=O) groups excluding carboxylic acids is 1. The predicted molar refractivity (Wildman–Crippen MR) is 147 cm³/mol. The van der Waals surface area contributed by atoms with Crippen molar-refractivity contribution in [2.24, 2.45) is 5.92 Å². The normalized spacial score (nSPS) is 16.9. The summed E-state index contributed by atoms with van der Waals surface area (Å²) in [5, 5.41) is 11.2. The van der Waals surface area contributed by atoms with E-state index in [1.165, 1.54) is 4.90 Å². The van der Waals surface area contributed by atoms with E-state index in [9.17, 15) is 27.5 Å². The van der Waals surface area contributed by atoms with Crippen LogP contribution in [0, 0.1) is 24.5 Å². The van der Waals surface area contributed by atoms with Gasteiger partial charge >= 0.3 is 35.7 Å². The van der Waals surface area contributed by atoms with E-state index in [1.54, 1.807) is 24.4 Å². The number of anilines is 1. The maximum atomic E-state index is 15.1. The Morgan fingerprint density at radius 2 is 1.75 bits per heavy atom. The number of benzene rings is 1. The average molecular weight is 627 g/mol. The topological polar surface area (TPSA) is 81.6 Å². The van der Waals surface area contributed by atoms with Crippen molar-refractivity contribution < 1.29 is 66.1 Å². The number of pyridine rings is 2. The Hall–Kier alpha value is -2.80. The van der Waals surface area contributed by atoms with Crippen molar-refractivity contribution in [3.8, 4) is 17.0 Å². The molecule has 0 aliphatic carbocycles. The summed E-state index contributed by atoms with van der Waals surface area (Å²) in [5.41, 5.74) is 2.76. The minimum atomic E-state index is -4.22. The van der Waals surface area contributed by atoms with E-state index in [0.29, 0.717) is 68.9 Å². The third-order valence-electron chi connectivity index (χ3n) is 8.19. The van der Waals surface area contributed by atoms with Gasteiger partial charge in [0.1, 0.15) is 18.2 Å². The molecule has 4 heterocycles. The molecule has 2 aromatic heterocycles. The smallest absolute Gasteiger partial charge is 0.550 e. The van der Waals surface area contributed by atoms with Crippen molar-refractivity contribution in [2.45, 2.75) is 51.3 Å². The fraction of sp³-hybridized carbons (Fsp3) is 0.452. The summed E-state index contributed by atoms with van der Waals surface area (Å²) < 4.78 is 73.5. The van der Waals surface area contributed by atoms with E-state index in [1.807, 2.05) is 17.9 Å². The molecule has 1 aromatic carbocycles. The number of hydrogen-bond donors (Lipinski definition) is 0. The molecular weight excluding hydrogens is 594 g/mol. The molecule has 7 nitrogen and oxygen atoms in total. The van der Waals surface area contributed by atoms with Crippen LogP contribution >= 0.6 is 0 Å². The van der Waals surface area contributed by atoms with E-state index in [4.69, 9.17) is 4.74 Å². The first-order chi connectivity index (χ1) is 20.5. The molecule has 0 saturated carbocycles. The van der Waals surface area contributed by atoms with Gasteiger partial charge in [-0.3, -0.25) is 9.88 Å². The molecule has 2 fully saturated rings. The third-order valence-corrected chi connectivity index (χ3v) is 8.19. The summed E-state index contributed by atoms with van der Waals surface area (Å²) in [6.45, 7) is 2.52. The Balaban J connectivity index is 0.00000442.